The van der Waals surface area contributed by atoms with Crippen LogP contribution in [0.2, 0.25) is 0 Å². The summed E-state index contributed by atoms with van der Waals surface area (Å²) in [5, 5.41) is 2.94. The molecule has 1 aromatic carbocycles. The van der Waals surface area contributed by atoms with Crippen LogP contribution >= 0.6 is 0 Å². The van der Waals surface area contributed by atoms with Crippen molar-refractivity contribution in [2.45, 2.75) is 32.6 Å². The SMILES string of the molecule is CCCS(=O)(=O)N1CCC[C@@H](C(=O)NCCc2ccccc2)C1. The average molecular weight is 338 g/mol. The molecule has 1 aliphatic rings. The lowest BCUT2D eigenvalue weighted by atomic mass is 9.99. The van der Waals surface area contributed by atoms with Gasteiger partial charge in [0.2, 0.25) is 15.9 Å². The molecule has 0 saturated carbocycles. The summed E-state index contributed by atoms with van der Waals surface area (Å²) in [5.41, 5.74) is 1.18. The number of sulfonamides is 1. The fourth-order valence-electron chi connectivity index (χ4n) is 2.92. The van der Waals surface area contributed by atoms with Crippen molar-refractivity contribution in [3.8, 4) is 0 Å². The summed E-state index contributed by atoms with van der Waals surface area (Å²) in [5.74, 6) is -0.0986. The van der Waals surface area contributed by atoms with E-state index in [2.05, 4.69) is 5.32 Å². The lowest BCUT2D eigenvalue weighted by Crippen LogP contribution is -2.46. The summed E-state index contributed by atoms with van der Waals surface area (Å²) in [6.07, 6.45) is 2.90. The number of hydrogen-bond donors (Lipinski definition) is 1. The Hall–Kier alpha value is -1.40. The van der Waals surface area contributed by atoms with Gasteiger partial charge >= 0.3 is 0 Å². The quantitative estimate of drug-likeness (QED) is 0.824. The number of carbonyl (C=O) groups excluding carboxylic acids is 1. The molecule has 1 heterocycles. The average Bonchev–Trinajstić information content (AvgIpc) is 2.56. The Labute approximate surface area is 139 Å². The molecule has 1 atom stereocenters. The molecule has 1 amide bonds. The monoisotopic (exact) mass is 338 g/mol. The van der Waals surface area contributed by atoms with Gasteiger partial charge in [0.1, 0.15) is 0 Å². The largest absolute Gasteiger partial charge is 0.355 e. The van der Waals surface area contributed by atoms with Crippen molar-refractivity contribution in [1.82, 2.24) is 9.62 Å². The highest BCUT2D eigenvalue weighted by Gasteiger charge is 2.31. The summed E-state index contributed by atoms with van der Waals surface area (Å²) >= 11 is 0. The molecular formula is C17H26N2O3S. The predicted molar refractivity (Wildman–Crippen MR) is 91.5 cm³/mol. The molecular weight excluding hydrogens is 312 g/mol. The van der Waals surface area contributed by atoms with Gasteiger partial charge in [-0.1, -0.05) is 37.3 Å². The van der Waals surface area contributed by atoms with E-state index in [1.54, 1.807) is 0 Å². The van der Waals surface area contributed by atoms with Gasteiger partial charge in [-0.05, 0) is 31.2 Å². The van der Waals surface area contributed by atoms with Gasteiger partial charge in [0, 0.05) is 19.6 Å². The van der Waals surface area contributed by atoms with Crippen LogP contribution in [0.3, 0.4) is 0 Å². The first-order valence-corrected chi connectivity index (χ1v) is 9.93. The molecule has 1 saturated heterocycles. The first kappa shape index (κ1) is 17.9. The maximum atomic E-state index is 12.3. The number of rotatable bonds is 7. The van der Waals surface area contributed by atoms with Crippen LogP contribution < -0.4 is 5.32 Å². The van der Waals surface area contributed by atoms with Crippen molar-refractivity contribution >= 4 is 15.9 Å². The van der Waals surface area contributed by atoms with E-state index < -0.39 is 10.0 Å². The minimum atomic E-state index is -3.21. The summed E-state index contributed by atoms with van der Waals surface area (Å²) in [4.78, 5) is 12.3. The fraction of sp³-hybridized carbons (Fsp3) is 0.588. The second-order valence-electron chi connectivity index (χ2n) is 6.04. The third-order valence-corrected chi connectivity index (χ3v) is 6.21. The van der Waals surface area contributed by atoms with Gasteiger partial charge in [-0.3, -0.25) is 4.79 Å². The molecule has 1 fully saturated rings. The molecule has 0 aromatic heterocycles. The Balaban J connectivity index is 1.82. The van der Waals surface area contributed by atoms with E-state index in [-0.39, 0.29) is 17.6 Å². The molecule has 0 radical (unpaired) electrons. The topological polar surface area (TPSA) is 66.5 Å². The number of carbonyl (C=O) groups is 1. The van der Waals surface area contributed by atoms with Crippen molar-refractivity contribution in [2.24, 2.45) is 5.92 Å². The highest BCUT2D eigenvalue weighted by molar-refractivity contribution is 7.89. The van der Waals surface area contributed by atoms with E-state index in [1.165, 1.54) is 9.87 Å². The molecule has 1 aliphatic heterocycles. The van der Waals surface area contributed by atoms with Gasteiger partial charge < -0.3 is 5.32 Å². The molecule has 0 bridgehead atoms. The van der Waals surface area contributed by atoms with E-state index in [0.717, 1.165) is 19.3 Å². The molecule has 0 spiro atoms. The van der Waals surface area contributed by atoms with Crippen LogP contribution in [0.15, 0.2) is 30.3 Å². The van der Waals surface area contributed by atoms with Gasteiger partial charge in [0.25, 0.3) is 0 Å². The Morgan fingerprint density at radius 3 is 2.74 bits per heavy atom. The van der Waals surface area contributed by atoms with Gasteiger partial charge in [0.05, 0.1) is 11.7 Å². The van der Waals surface area contributed by atoms with Crippen LogP contribution in [0.25, 0.3) is 0 Å². The lowest BCUT2D eigenvalue weighted by molar-refractivity contribution is -0.126. The summed E-state index contributed by atoms with van der Waals surface area (Å²) in [7, 11) is -3.21. The lowest BCUT2D eigenvalue weighted by Gasteiger charge is -2.31. The Kier molecular flexibility index (Phi) is 6.59. The zero-order valence-corrected chi connectivity index (χ0v) is 14.5. The van der Waals surface area contributed by atoms with Gasteiger partial charge in [-0.25, -0.2) is 12.7 Å². The standard InChI is InChI=1S/C17H26N2O3S/c1-2-13-23(21,22)19-12-6-9-16(14-19)17(20)18-11-10-15-7-4-3-5-8-15/h3-5,7-8,16H,2,6,9-14H2,1H3,(H,18,20)/t16-/m1/s1. The van der Waals surface area contributed by atoms with Crippen molar-refractivity contribution in [3.63, 3.8) is 0 Å². The van der Waals surface area contributed by atoms with Gasteiger partial charge in [-0.2, -0.15) is 0 Å². The first-order valence-electron chi connectivity index (χ1n) is 8.32. The van der Waals surface area contributed by atoms with E-state index in [9.17, 15) is 13.2 Å². The van der Waals surface area contributed by atoms with Crippen molar-refractivity contribution < 1.29 is 13.2 Å². The maximum absolute atomic E-state index is 12.3. The molecule has 5 nitrogen and oxygen atoms in total. The zero-order chi connectivity index (χ0) is 16.7. The third-order valence-electron chi connectivity index (χ3n) is 4.17. The molecule has 23 heavy (non-hydrogen) atoms. The minimum Gasteiger partial charge on any atom is -0.355 e. The molecule has 1 N–H and O–H groups in total. The third kappa shape index (κ3) is 5.32. The molecule has 6 heteroatoms. The number of nitrogens with one attached hydrogen (secondary N) is 1. The molecule has 1 aromatic rings. The minimum absolute atomic E-state index is 0.0303. The van der Waals surface area contributed by atoms with Crippen LogP contribution in [0.4, 0.5) is 0 Å². The number of piperidine rings is 1. The predicted octanol–water partition coefficient (Wildman–Crippen LogP) is 1.80. The smallest absolute Gasteiger partial charge is 0.224 e. The van der Waals surface area contributed by atoms with Gasteiger partial charge in [-0.15, -0.1) is 0 Å². The molecule has 0 unspecified atom stereocenters. The van der Waals surface area contributed by atoms with E-state index >= 15 is 0 Å². The van der Waals surface area contributed by atoms with Crippen molar-refractivity contribution in [3.05, 3.63) is 35.9 Å². The van der Waals surface area contributed by atoms with E-state index in [1.807, 2.05) is 37.3 Å². The van der Waals surface area contributed by atoms with Gasteiger partial charge in [0.15, 0.2) is 0 Å². The van der Waals surface area contributed by atoms with E-state index in [4.69, 9.17) is 0 Å². The van der Waals surface area contributed by atoms with Crippen molar-refractivity contribution in [1.29, 1.82) is 0 Å². The Morgan fingerprint density at radius 1 is 1.30 bits per heavy atom. The number of hydrogen-bond acceptors (Lipinski definition) is 3. The van der Waals surface area contributed by atoms with Crippen LogP contribution in [0.1, 0.15) is 31.7 Å². The van der Waals surface area contributed by atoms with Crippen LogP contribution in [0, 0.1) is 5.92 Å². The number of benzene rings is 1. The maximum Gasteiger partial charge on any atom is 0.224 e. The summed E-state index contributed by atoms with van der Waals surface area (Å²) in [6.45, 7) is 3.30. The van der Waals surface area contributed by atoms with Crippen LogP contribution in [-0.2, 0) is 21.2 Å². The molecule has 0 aliphatic carbocycles. The molecule has 2 rings (SSSR count). The second-order valence-corrected chi connectivity index (χ2v) is 8.13. The fourth-order valence-corrected chi connectivity index (χ4v) is 4.50. The number of nitrogens with zero attached hydrogens (tertiary/aromatic N) is 1. The second kappa shape index (κ2) is 8.45. The summed E-state index contributed by atoms with van der Waals surface area (Å²) < 4.78 is 25.8. The summed E-state index contributed by atoms with van der Waals surface area (Å²) in [6, 6.07) is 10.00. The van der Waals surface area contributed by atoms with Crippen molar-refractivity contribution in [2.75, 3.05) is 25.4 Å². The normalized spacial score (nSPS) is 19.4. The molecule has 128 valence electrons. The zero-order valence-electron chi connectivity index (χ0n) is 13.7. The van der Waals surface area contributed by atoms with Crippen LogP contribution in [-0.4, -0.2) is 44.0 Å². The highest BCUT2D eigenvalue weighted by Crippen LogP contribution is 2.20. The number of amides is 1. The Morgan fingerprint density at radius 2 is 2.04 bits per heavy atom. The van der Waals surface area contributed by atoms with Crippen LogP contribution in [0.5, 0.6) is 0 Å². The Bertz CT molecular complexity index is 602. The highest BCUT2D eigenvalue weighted by atomic mass is 32.2. The first-order chi connectivity index (χ1) is 11.0. The van der Waals surface area contributed by atoms with E-state index in [0.29, 0.717) is 26.1 Å².